The zero-order valence-corrected chi connectivity index (χ0v) is 15.1. The second-order valence-electron chi connectivity index (χ2n) is 6.23. The molecule has 0 radical (unpaired) electrons. The SMILES string of the molecule is Cc1cc(CNS(=O)(=O)c2ccc(F)cc2C)nc(N2CCCC2)n1. The number of halogens is 1. The molecule has 1 aromatic carbocycles. The lowest BCUT2D eigenvalue weighted by Gasteiger charge is -2.16. The van der Waals surface area contributed by atoms with Gasteiger partial charge in [0, 0.05) is 18.8 Å². The second kappa shape index (κ2) is 7.05. The number of hydrogen-bond donors (Lipinski definition) is 1. The Hall–Kier alpha value is -2.06. The van der Waals surface area contributed by atoms with Crippen LogP contribution in [0.2, 0.25) is 0 Å². The highest BCUT2D eigenvalue weighted by molar-refractivity contribution is 7.89. The number of hydrogen-bond acceptors (Lipinski definition) is 5. The third-order valence-corrected chi connectivity index (χ3v) is 5.72. The smallest absolute Gasteiger partial charge is 0.241 e. The number of aromatic nitrogens is 2. The maximum Gasteiger partial charge on any atom is 0.241 e. The Bertz CT molecular complexity index is 880. The van der Waals surface area contributed by atoms with Crippen LogP contribution >= 0.6 is 0 Å². The number of benzene rings is 1. The third kappa shape index (κ3) is 4.13. The van der Waals surface area contributed by atoms with E-state index in [0.717, 1.165) is 37.7 Å². The van der Waals surface area contributed by atoms with Crippen molar-refractivity contribution in [2.75, 3.05) is 18.0 Å². The first-order valence-electron chi connectivity index (χ1n) is 8.20. The predicted octanol–water partition coefficient (Wildman–Crippen LogP) is 2.31. The summed E-state index contributed by atoms with van der Waals surface area (Å²) in [5, 5.41) is 0. The lowest BCUT2D eigenvalue weighted by molar-refractivity contribution is 0.578. The van der Waals surface area contributed by atoms with Gasteiger partial charge >= 0.3 is 0 Å². The number of anilines is 1. The average molecular weight is 364 g/mol. The summed E-state index contributed by atoms with van der Waals surface area (Å²) in [4.78, 5) is 11.1. The van der Waals surface area contributed by atoms with Crippen LogP contribution in [-0.2, 0) is 16.6 Å². The van der Waals surface area contributed by atoms with E-state index in [9.17, 15) is 12.8 Å². The molecule has 1 aromatic heterocycles. The molecule has 25 heavy (non-hydrogen) atoms. The zero-order chi connectivity index (χ0) is 18.0. The van der Waals surface area contributed by atoms with Crippen molar-refractivity contribution in [1.29, 1.82) is 0 Å². The van der Waals surface area contributed by atoms with Crippen LogP contribution < -0.4 is 9.62 Å². The molecule has 1 saturated heterocycles. The van der Waals surface area contributed by atoms with Crippen molar-refractivity contribution in [3.05, 3.63) is 47.0 Å². The molecule has 6 nitrogen and oxygen atoms in total. The number of rotatable bonds is 5. The van der Waals surface area contributed by atoms with Crippen LogP contribution in [0.1, 0.15) is 29.8 Å². The van der Waals surface area contributed by atoms with E-state index in [1.807, 2.05) is 6.92 Å². The number of sulfonamides is 1. The Morgan fingerprint density at radius 2 is 1.88 bits per heavy atom. The molecule has 0 saturated carbocycles. The fourth-order valence-electron chi connectivity index (χ4n) is 2.93. The van der Waals surface area contributed by atoms with Crippen molar-refractivity contribution in [2.45, 2.75) is 38.1 Å². The molecule has 0 spiro atoms. The Labute approximate surface area is 147 Å². The standard InChI is InChI=1S/C17H21FN4O2S/c1-12-9-14(18)5-6-16(12)25(23,24)19-11-15-10-13(2)20-17(21-15)22-7-3-4-8-22/h5-6,9-10,19H,3-4,7-8,11H2,1-2H3. The van der Waals surface area contributed by atoms with Crippen LogP contribution in [0.5, 0.6) is 0 Å². The number of aryl methyl sites for hydroxylation is 2. The van der Waals surface area contributed by atoms with Gasteiger partial charge in [0.15, 0.2) is 0 Å². The van der Waals surface area contributed by atoms with Gasteiger partial charge in [-0.15, -0.1) is 0 Å². The minimum atomic E-state index is -3.74. The van der Waals surface area contributed by atoms with Gasteiger partial charge in [-0.3, -0.25) is 0 Å². The lowest BCUT2D eigenvalue weighted by atomic mass is 10.2. The van der Waals surface area contributed by atoms with E-state index < -0.39 is 15.8 Å². The molecule has 0 aliphatic carbocycles. The van der Waals surface area contributed by atoms with Crippen molar-refractivity contribution in [3.8, 4) is 0 Å². The fourth-order valence-corrected chi connectivity index (χ4v) is 4.15. The van der Waals surface area contributed by atoms with Crippen LogP contribution in [0.25, 0.3) is 0 Å². The quantitative estimate of drug-likeness (QED) is 0.881. The molecule has 2 aromatic rings. The molecule has 0 unspecified atom stereocenters. The van der Waals surface area contributed by atoms with Crippen LogP contribution in [-0.4, -0.2) is 31.5 Å². The van der Waals surface area contributed by atoms with Crippen molar-refractivity contribution < 1.29 is 12.8 Å². The summed E-state index contributed by atoms with van der Waals surface area (Å²) in [5.41, 5.74) is 1.77. The van der Waals surface area contributed by atoms with E-state index in [1.165, 1.54) is 12.1 Å². The topological polar surface area (TPSA) is 75.2 Å². The van der Waals surface area contributed by atoms with Gasteiger partial charge in [0.25, 0.3) is 0 Å². The molecule has 1 fully saturated rings. The van der Waals surface area contributed by atoms with Gasteiger partial charge in [0.2, 0.25) is 16.0 Å². The lowest BCUT2D eigenvalue weighted by Crippen LogP contribution is -2.26. The van der Waals surface area contributed by atoms with Crippen molar-refractivity contribution >= 4 is 16.0 Å². The minimum absolute atomic E-state index is 0.0589. The van der Waals surface area contributed by atoms with Crippen LogP contribution in [0.3, 0.4) is 0 Å². The molecule has 2 heterocycles. The third-order valence-electron chi connectivity index (χ3n) is 4.15. The van der Waals surface area contributed by atoms with Crippen molar-refractivity contribution in [2.24, 2.45) is 0 Å². The first-order valence-corrected chi connectivity index (χ1v) is 9.69. The van der Waals surface area contributed by atoms with E-state index in [0.29, 0.717) is 17.2 Å². The van der Waals surface area contributed by atoms with Crippen molar-refractivity contribution in [3.63, 3.8) is 0 Å². The van der Waals surface area contributed by atoms with Crippen molar-refractivity contribution in [1.82, 2.24) is 14.7 Å². The van der Waals surface area contributed by atoms with Gasteiger partial charge < -0.3 is 4.90 Å². The van der Waals surface area contributed by atoms with E-state index in [2.05, 4.69) is 19.6 Å². The number of nitrogens with zero attached hydrogens (tertiary/aromatic N) is 3. The Kier molecular flexibility index (Phi) is 5.01. The Morgan fingerprint density at radius 1 is 1.16 bits per heavy atom. The van der Waals surface area contributed by atoms with E-state index in [-0.39, 0.29) is 11.4 Å². The van der Waals surface area contributed by atoms with Gasteiger partial charge in [-0.25, -0.2) is 27.5 Å². The van der Waals surface area contributed by atoms with Gasteiger partial charge in [0.05, 0.1) is 17.1 Å². The Morgan fingerprint density at radius 3 is 2.56 bits per heavy atom. The van der Waals surface area contributed by atoms with Gasteiger partial charge in [-0.2, -0.15) is 0 Å². The summed E-state index contributed by atoms with van der Waals surface area (Å²) in [6, 6.07) is 5.38. The molecule has 3 rings (SSSR count). The highest BCUT2D eigenvalue weighted by Gasteiger charge is 2.19. The summed E-state index contributed by atoms with van der Waals surface area (Å²) < 4.78 is 40.7. The van der Waals surface area contributed by atoms with Crippen LogP contribution in [0, 0.1) is 19.7 Å². The second-order valence-corrected chi connectivity index (χ2v) is 7.96. The van der Waals surface area contributed by atoms with Gasteiger partial charge in [-0.05, 0) is 56.5 Å². The summed E-state index contributed by atoms with van der Waals surface area (Å²) in [6.45, 7) is 5.33. The minimum Gasteiger partial charge on any atom is -0.341 e. The molecule has 1 aliphatic heterocycles. The van der Waals surface area contributed by atoms with E-state index in [1.54, 1.807) is 13.0 Å². The molecular formula is C17H21FN4O2S. The van der Waals surface area contributed by atoms with Gasteiger partial charge in [0.1, 0.15) is 5.82 Å². The van der Waals surface area contributed by atoms with Crippen LogP contribution in [0.15, 0.2) is 29.2 Å². The maximum atomic E-state index is 13.2. The molecular weight excluding hydrogens is 343 g/mol. The monoisotopic (exact) mass is 364 g/mol. The molecule has 0 amide bonds. The van der Waals surface area contributed by atoms with Gasteiger partial charge in [-0.1, -0.05) is 0 Å². The highest BCUT2D eigenvalue weighted by atomic mass is 32.2. The fraction of sp³-hybridized carbons (Fsp3) is 0.412. The van der Waals surface area contributed by atoms with E-state index in [4.69, 9.17) is 0 Å². The number of nitrogens with one attached hydrogen (secondary N) is 1. The first kappa shape index (κ1) is 17.8. The summed E-state index contributed by atoms with van der Waals surface area (Å²) in [5.74, 6) is 0.183. The molecule has 1 aliphatic rings. The highest BCUT2D eigenvalue weighted by Crippen LogP contribution is 2.18. The zero-order valence-electron chi connectivity index (χ0n) is 14.3. The van der Waals surface area contributed by atoms with E-state index >= 15 is 0 Å². The predicted molar refractivity (Wildman–Crippen MR) is 93.4 cm³/mol. The molecule has 1 N–H and O–H groups in total. The normalized spacial score (nSPS) is 14.9. The summed E-state index contributed by atoms with van der Waals surface area (Å²) >= 11 is 0. The Balaban J connectivity index is 1.78. The summed E-state index contributed by atoms with van der Waals surface area (Å²) in [6.07, 6.45) is 2.23. The average Bonchev–Trinajstić information content (AvgIpc) is 3.07. The maximum absolute atomic E-state index is 13.2. The summed E-state index contributed by atoms with van der Waals surface area (Å²) in [7, 11) is -3.74. The first-order chi connectivity index (χ1) is 11.8. The molecule has 0 bridgehead atoms. The molecule has 0 atom stereocenters. The van der Waals surface area contributed by atoms with Crippen LogP contribution in [0.4, 0.5) is 10.3 Å². The molecule has 134 valence electrons. The molecule has 8 heteroatoms. The largest absolute Gasteiger partial charge is 0.341 e.